The molecule has 0 aromatic heterocycles. The van der Waals surface area contributed by atoms with E-state index in [1.807, 2.05) is 135 Å². The van der Waals surface area contributed by atoms with Crippen LogP contribution >= 0.6 is 0 Å². The number of hydroxylamine groups is 3. The van der Waals surface area contributed by atoms with Gasteiger partial charge in [-0.25, -0.2) is 0 Å². The molecule has 1 aliphatic heterocycles. The summed E-state index contributed by atoms with van der Waals surface area (Å²) in [5.74, 6) is 0. The summed E-state index contributed by atoms with van der Waals surface area (Å²) >= 11 is 0. The van der Waals surface area contributed by atoms with Gasteiger partial charge in [0.1, 0.15) is 0 Å². The predicted octanol–water partition coefficient (Wildman–Crippen LogP) is 13.4. The Morgan fingerprint density at radius 2 is 0.787 bits per heavy atom. The second kappa shape index (κ2) is 22.4. The third-order valence-corrected chi connectivity index (χ3v) is 9.06. The van der Waals surface area contributed by atoms with Crippen molar-refractivity contribution in [2.75, 3.05) is 28.4 Å². The summed E-state index contributed by atoms with van der Waals surface area (Å²) in [7, 11) is 0. The van der Waals surface area contributed by atoms with E-state index < -0.39 is 45.8 Å². The number of benzene rings is 4. The fourth-order valence-electron chi connectivity index (χ4n) is 5.97. The van der Waals surface area contributed by atoms with Crippen molar-refractivity contribution in [2.45, 2.75) is 124 Å². The van der Waals surface area contributed by atoms with Crippen LogP contribution in [0.3, 0.4) is 0 Å². The number of hydrogen-bond acceptors (Lipinski definition) is 8. The zero-order valence-electron chi connectivity index (χ0n) is 36.3. The van der Waals surface area contributed by atoms with Gasteiger partial charge in [-0.05, 0) is 116 Å². The van der Waals surface area contributed by atoms with Crippen LogP contribution in [0.25, 0.3) is 5.73 Å². The molecule has 1 saturated heterocycles. The summed E-state index contributed by atoms with van der Waals surface area (Å²) in [5, 5.41) is 43.1. The Hall–Kier alpha value is -3.22. The quantitative estimate of drug-likeness (QED) is 0.120. The molecule has 0 bridgehead atoms. The minimum absolute atomic E-state index is 0. The molecule has 332 valence electrons. The smallest absolute Gasteiger partial charge is 0.758 e. The van der Waals surface area contributed by atoms with E-state index in [9.17, 15) is 42.0 Å². The van der Waals surface area contributed by atoms with Crippen LogP contribution in [-0.2, 0) is 36.7 Å². The van der Waals surface area contributed by atoms with Crippen molar-refractivity contribution in [3.63, 3.8) is 0 Å². The zero-order valence-corrected chi connectivity index (χ0v) is 40.4. The van der Waals surface area contributed by atoms with Gasteiger partial charge in [0.15, 0.2) is 0 Å². The van der Waals surface area contributed by atoms with Gasteiger partial charge in [0.05, 0.1) is 11.1 Å². The first-order valence-corrected chi connectivity index (χ1v) is 19.6. The number of anilines is 3. The van der Waals surface area contributed by atoms with Gasteiger partial charge >= 0.3 is 52.3 Å². The molecule has 16 heteroatoms. The molecule has 5 rings (SSSR count). The van der Waals surface area contributed by atoms with Gasteiger partial charge in [-0.15, -0.1) is 5.69 Å². The van der Waals surface area contributed by atoms with Crippen molar-refractivity contribution in [2.24, 2.45) is 0 Å². The Balaban J connectivity index is 0.000000499. The maximum Gasteiger partial charge on any atom is 4.00 e. The zero-order chi connectivity index (χ0) is 45.3. The molecule has 1 heterocycles. The number of nitrogens with zero attached hydrogens (tertiary/aromatic N) is 4. The van der Waals surface area contributed by atoms with E-state index in [2.05, 4.69) is 4.90 Å². The number of halogens is 6. The molecule has 1 aliphatic rings. The van der Waals surface area contributed by atoms with E-state index in [0.717, 1.165) is 45.1 Å². The number of hydrogen-bond donors (Lipinski definition) is 0. The van der Waals surface area contributed by atoms with Crippen molar-refractivity contribution in [3.8, 4) is 0 Å². The van der Waals surface area contributed by atoms with Crippen LogP contribution in [-0.4, -0.2) is 34.7 Å². The molecule has 0 saturated carbocycles. The van der Waals surface area contributed by atoms with Crippen LogP contribution in [0.5, 0.6) is 0 Å². The van der Waals surface area contributed by atoms with Crippen molar-refractivity contribution in [1.29, 1.82) is 0 Å². The fourth-order valence-corrected chi connectivity index (χ4v) is 5.97. The molecule has 1 fully saturated rings. The Bertz CT molecular complexity index is 1760. The molecule has 0 aliphatic carbocycles. The molecule has 4 aromatic carbocycles. The Kier molecular flexibility index (Phi) is 19.8. The molecule has 1 N–H and O–H groups in total. The SMILES string of the molecule is C1CCOC1.CC(C)(C)N([O-])c1ccccc1CN(Cc1ccccc1N([O-])C(C)(C)C)Cc1ccccc1N([O-])C(C)(C)C.[NH-]c1cc(C(F)(F)F)cc(C(F)(F)F)c1.[Th+4]. The largest absolute Gasteiger partial charge is 4.00 e. The summed E-state index contributed by atoms with van der Waals surface area (Å²) in [6.07, 6.45) is -7.20. The van der Waals surface area contributed by atoms with Crippen molar-refractivity contribution >= 4 is 22.7 Å². The van der Waals surface area contributed by atoms with Crippen molar-refractivity contribution in [3.05, 3.63) is 140 Å². The third kappa shape index (κ3) is 16.8. The number of alkyl halides is 6. The van der Waals surface area contributed by atoms with Crippen LogP contribution in [0, 0.1) is 55.6 Å². The van der Waals surface area contributed by atoms with E-state index in [1.54, 1.807) is 0 Å². The van der Waals surface area contributed by atoms with Gasteiger partial charge in [0.2, 0.25) is 0 Å². The average molecular weight is 1080 g/mol. The summed E-state index contributed by atoms with van der Waals surface area (Å²) < 4.78 is 77.5. The third-order valence-electron chi connectivity index (χ3n) is 9.06. The van der Waals surface area contributed by atoms with Gasteiger partial charge in [0.25, 0.3) is 0 Å². The van der Waals surface area contributed by atoms with Gasteiger partial charge < -0.3 is 41.3 Å². The van der Waals surface area contributed by atoms with E-state index in [-0.39, 0.29) is 46.0 Å². The van der Waals surface area contributed by atoms with E-state index >= 15 is 0 Å². The first-order valence-electron chi connectivity index (χ1n) is 19.6. The maximum atomic E-state index is 13.3. The summed E-state index contributed by atoms with van der Waals surface area (Å²) in [6.45, 7) is 20.4. The molecule has 0 atom stereocenters. The number of para-hydroxylation sites is 3. The molecular weight excluding hydrogens is 1020 g/mol. The first-order chi connectivity index (χ1) is 27.6. The average Bonchev–Trinajstić information content (AvgIpc) is 3.74. The topological polar surface area (TPSA) is 115 Å². The predicted molar refractivity (Wildman–Crippen MR) is 230 cm³/mol. The van der Waals surface area contributed by atoms with E-state index in [1.165, 1.54) is 12.8 Å². The van der Waals surface area contributed by atoms with Crippen LogP contribution in [0.2, 0.25) is 0 Å². The normalized spacial score (nSPS) is 13.4. The van der Waals surface area contributed by atoms with E-state index in [4.69, 9.17) is 10.5 Å². The Morgan fingerprint density at radius 3 is 1.02 bits per heavy atom. The first kappa shape index (κ1) is 53.9. The standard InChI is InChI=1S/C33H45N4O3.C8H4F6N.C4H8O.Th/c1-31(2,3)35(38)28-19-13-10-16-25(28)22-34(23-26-17-11-14-20-29(26)36(39)32(4,5)6)24-27-18-12-15-21-30(27)37(40)33(7,8)9;9-7(10,11)4-1-5(8(12,13)14)3-6(15)2-4;1-2-4-5-3-1;/h10-21H,22-24H2,1-9H3;1-3,15H;1-4H2;/q-3;-1;;+4. The van der Waals surface area contributed by atoms with Crippen LogP contribution < -0.4 is 15.2 Å². The molecule has 9 nitrogen and oxygen atoms in total. The number of nitrogens with one attached hydrogen (secondary N) is 1. The summed E-state index contributed by atoms with van der Waals surface area (Å²) in [4.78, 5) is 2.19. The number of ether oxygens (including phenoxy) is 1. The molecule has 4 aromatic rings. The molecule has 0 radical (unpaired) electrons. The minimum Gasteiger partial charge on any atom is -0.758 e. The van der Waals surface area contributed by atoms with Crippen molar-refractivity contribution in [1.82, 2.24) is 4.90 Å². The van der Waals surface area contributed by atoms with E-state index in [0.29, 0.717) is 48.8 Å². The second-order valence-corrected chi connectivity index (χ2v) is 17.5. The van der Waals surface area contributed by atoms with Gasteiger partial charge in [-0.3, -0.25) is 4.90 Å². The van der Waals surface area contributed by atoms with Crippen LogP contribution in [0.15, 0.2) is 91.0 Å². The molecular formula is C45H57F6N5O4Th. The second-order valence-electron chi connectivity index (χ2n) is 17.5. The summed E-state index contributed by atoms with van der Waals surface area (Å²) in [5.41, 5.74) is 5.74. The number of rotatable bonds is 9. The van der Waals surface area contributed by atoms with Crippen LogP contribution in [0.1, 0.15) is 103 Å². The Morgan fingerprint density at radius 1 is 0.508 bits per heavy atom. The van der Waals surface area contributed by atoms with Crippen LogP contribution in [0.4, 0.5) is 49.1 Å². The molecule has 61 heavy (non-hydrogen) atoms. The Labute approximate surface area is 388 Å². The van der Waals surface area contributed by atoms with Gasteiger partial charge in [0, 0.05) is 66.5 Å². The van der Waals surface area contributed by atoms with Gasteiger partial charge in [-0.1, -0.05) is 66.7 Å². The summed E-state index contributed by atoms with van der Waals surface area (Å²) in [6, 6.07) is 23.6. The maximum absolute atomic E-state index is 13.3. The van der Waals surface area contributed by atoms with Gasteiger partial charge in [-0.2, -0.15) is 26.3 Å². The molecule has 0 unspecified atom stereocenters. The fraction of sp³-hybridized carbons (Fsp3) is 0.467. The monoisotopic (exact) mass is 1080 g/mol. The minimum atomic E-state index is -4.88. The molecule has 0 amide bonds. The molecule has 0 spiro atoms. The van der Waals surface area contributed by atoms with Crippen molar-refractivity contribution < 1.29 is 71.0 Å².